The van der Waals surface area contributed by atoms with Crippen molar-refractivity contribution in [3.63, 3.8) is 0 Å². The zero-order chi connectivity index (χ0) is 22.5. The van der Waals surface area contributed by atoms with Gasteiger partial charge in [-0.3, -0.25) is 4.79 Å². The summed E-state index contributed by atoms with van der Waals surface area (Å²) >= 11 is 6.07. The van der Waals surface area contributed by atoms with Crippen LogP contribution in [0.1, 0.15) is 48.0 Å². The maximum absolute atomic E-state index is 12.6. The molecule has 8 nitrogen and oxygen atoms in total. The number of nitrogens with one attached hydrogen (secondary N) is 1. The maximum Gasteiger partial charge on any atom is 0.254 e. The van der Waals surface area contributed by atoms with Crippen molar-refractivity contribution >= 4 is 23.5 Å². The van der Waals surface area contributed by atoms with Crippen LogP contribution in [0.5, 0.6) is 5.75 Å². The van der Waals surface area contributed by atoms with Gasteiger partial charge < -0.3 is 20.1 Å². The fourth-order valence-electron chi connectivity index (χ4n) is 4.21. The van der Waals surface area contributed by atoms with Crippen LogP contribution >= 0.6 is 11.6 Å². The summed E-state index contributed by atoms with van der Waals surface area (Å²) in [7, 11) is 0. The Morgan fingerprint density at radius 2 is 2.00 bits per heavy atom. The summed E-state index contributed by atoms with van der Waals surface area (Å²) in [4.78, 5) is 23.3. The maximum atomic E-state index is 12.6. The molecule has 1 aromatic carbocycles. The monoisotopic (exact) mass is 455 g/mol. The molecule has 2 fully saturated rings. The largest absolute Gasteiger partial charge is 0.490 e. The molecule has 0 radical (unpaired) electrons. The fraction of sp³-hybridized carbons (Fsp3) is 0.478. The van der Waals surface area contributed by atoms with Gasteiger partial charge in [0, 0.05) is 50.1 Å². The van der Waals surface area contributed by atoms with E-state index in [-0.39, 0.29) is 30.6 Å². The van der Waals surface area contributed by atoms with Gasteiger partial charge in [0.25, 0.3) is 5.91 Å². The van der Waals surface area contributed by atoms with Gasteiger partial charge in [0.05, 0.1) is 22.3 Å². The van der Waals surface area contributed by atoms with Gasteiger partial charge in [0.15, 0.2) is 0 Å². The first kappa shape index (κ1) is 22.3. The number of carbonyl (C=O) groups excluding carboxylic acids is 1. The third kappa shape index (κ3) is 5.29. The number of carbonyl (C=O) groups is 1. The van der Waals surface area contributed by atoms with Gasteiger partial charge in [-0.1, -0.05) is 11.6 Å². The van der Waals surface area contributed by atoms with Gasteiger partial charge in [0.2, 0.25) is 5.95 Å². The number of aliphatic hydroxyl groups is 1. The molecule has 2 aliphatic rings. The second-order valence-corrected chi connectivity index (χ2v) is 8.78. The highest BCUT2D eigenvalue weighted by atomic mass is 35.5. The van der Waals surface area contributed by atoms with Crippen molar-refractivity contribution in [3.05, 3.63) is 46.7 Å². The van der Waals surface area contributed by atoms with Crippen LogP contribution in [-0.2, 0) is 0 Å². The van der Waals surface area contributed by atoms with E-state index in [9.17, 15) is 9.90 Å². The molecule has 32 heavy (non-hydrogen) atoms. The first-order valence-corrected chi connectivity index (χ1v) is 11.3. The molecular formula is C23H26ClN5O3. The Hall–Kier alpha value is -2.89. The van der Waals surface area contributed by atoms with Crippen LogP contribution < -0.4 is 15.0 Å². The van der Waals surface area contributed by atoms with E-state index in [2.05, 4.69) is 15.3 Å². The number of anilines is 1. The normalized spacial score (nSPS) is 22.9. The van der Waals surface area contributed by atoms with Crippen LogP contribution in [0, 0.1) is 17.2 Å². The lowest BCUT2D eigenvalue weighted by atomic mass is 9.92. The predicted octanol–water partition coefficient (Wildman–Crippen LogP) is 2.94. The summed E-state index contributed by atoms with van der Waals surface area (Å²) < 4.78 is 6.00. The predicted molar refractivity (Wildman–Crippen MR) is 120 cm³/mol. The number of benzene rings is 1. The van der Waals surface area contributed by atoms with Crippen molar-refractivity contribution in [2.45, 2.75) is 44.2 Å². The molecule has 1 amide bonds. The van der Waals surface area contributed by atoms with Crippen molar-refractivity contribution in [2.75, 3.05) is 24.6 Å². The summed E-state index contributed by atoms with van der Waals surface area (Å²) in [6, 6.07) is 7.20. The number of ether oxygens (including phenoxy) is 1. The molecule has 2 heterocycles. The second kappa shape index (κ2) is 10.2. The molecule has 0 spiro atoms. The summed E-state index contributed by atoms with van der Waals surface area (Å²) in [6.45, 7) is 1.73. The Morgan fingerprint density at radius 3 is 2.62 bits per heavy atom. The van der Waals surface area contributed by atoms with Crippen molar-refractivity contribution in [1.29, 1.82) is 5.26 Å². The molecule has 1 aliphatic carbocycles. The Labute approximate surface area is 192 Å². The highest BCUT2D eigenvalue weighted by Gasteiger charge is 2.26. The lowest BCUT2D eigenvalue weighted by Crippen LogP contribution is -2.39. The van der Waals surface area contributed by atoms with Gasteiger partial charge in [-0.15, -0.1) is 0 Å². The minimum atomic E-state index is -0.172. The number of rotatable bonds is 6. The van der Waals surface area contributed by atoms with E-state index in [1.165, 1.54) is 0 Å². The van der Waals surface area contributed by atoms with E-state index in [1.54, 1.807) is 30.6 Å². The van der Waals surface area contributed by atoms with E-state index in [0.29, 0.717) is 27.8 Å². The van der Waals surface area contributed by atoms with Crippen LogP contribution in [0.25, 0.3) is 0 Å². The van der Waals surface area contributed by atoms with E-state index < -0.39 is 0 Å². The number of aromatic nitrogens is 2. The van der Waals surface area contributed by atoms with E-state index >= 15 is 0 Å². The lowest BCUT2D eigenvalue weighted by molar-refractivity contribution is 0.0893. The second-order valence-electron chi connectivity index (χ2n) is 8.37. The van der Waals surface area contributed by atoms with Crippen LogP contribution in [0.4, 0.5) is 5.95 Å². The first-order valence-electron chi connectivity index (χ1n) is 10.9. The average Bonchev–Trinajstić information content (AvgIpc) is 3.30. The van der Waals surface area contributed by atoms with E-state index in [4.69, 9.17) is 21.6 Å². The molecule has 1 atom stereocenters. The molecule has 0 unspecified atom stereocenters. The first-order chi connectivity index (χ1) is 15.6. The van der Waals surface area contributed by atoms with Crippen LogP contribution in [0.15, 0.2) is 30.6 Å². The van der Waals surface area contributed by atoms with Gasteiger partial charge in [0.1, 0.15) is 11.8 Å². The highest BCUT2D eigenvalue weighted by molar-refractivity contribution is 6.31. The third-order valence-electron chi connectivity index (χ3n) is 6.10. The number of halogens is 1. The molecule has 2 N–H and O–H groups in total. The zero-order valence-electron chi connectivity index (χ0n) is 17.7. The molecule has 168 valence electrons. The molecule has 2 aromatic rings. The Morgan fingerprint density at radius 1 is 1.25 bits per heavy atom. The quantitative estimate of drug-likeness (QED) is 0.688. The number of hydrogen-bond donors (Lipinski definition) is 2. The number of nitrogens with zero attached hydrogens (tertiary/aromatic N) is 4. The number of aliphatic hydroxyl groups excluding tert-OH is 1. The topological polar surface area (TPSA) is 111 Å². The van der Waals surface area contributed by atoms with E-state index in [1.807, 2.05) is 11.0 Å². The fourth-order valence-corrected chi connectivity index (χ4v) is 4.42. The average molecular weight is 456 g/mol. The standard InChI is InChI=1S/C23H26ClN5O3/c24-21-9-20(4-1-16(21)10-25)32-19-5-2-18(3-6-19)28-22(31)17-11-26-23(27-12-17)29-8-7-15(13-29)14-30/h1,4,9,11-12,15,18-19,30H,2-3,5-8,13-14H2,(H,28,31)/t15-,18-,19-/m1/s1. The number of nitriles is 1. The Bertz CT molecular complexity index is 986. The van der Waals surface area contributed by atoms with Gasteiger partial charge in [-0.25, -0.2) is 9.97 Å². The molecule has 1 saturated carbocycles. The molecule has 9 heteroatoms. The van der Waals surface area contributed by atoms with Crippen LogP contribution in [0.2, 0.25) is 5.02 Å². The van der Waals surface area contributed by atoms with Gasteiger partial charge >= 0.3 is 0 Å². The molecule has 1 aliphatic heterocycles. The summed E-state index contributed by atoms with van der Waals surface area (Å²) in [5, 5.41) is 21.7. The Balaban J connectivity index is 1.25. The molecular weight excluding hydrogens is 430 g/mol. The minimum Gasteiger partial charge on any atom is -0.490 e. The van der Waals surface area contributed by atoms with Gasteiger partial charge in [-0.05, 0) is 44.2 Å². The highest BCUT2D eigenvalue weighted by Crippen LogP contribution is 2.27. The third-order valence-corrected chi connectivity index (χ3v) is 6.41. The van der Waals surface area contributed by atoms with Crippen molar-refractivity contribution in [2.24, 2.45) is 5.92 Å². The summed E-state index contributed by atoms with van der Waals surface area (Å²) in [5.41, 5.74) is 0.870. The Kier molecular flexibility index (Phi) is 7.08. The molecule has 4 rings (SSSR count). The SMILES string of the molecule is N#Cc1ccc(O[C@H]2CC[C@H](NC(=O)c3cnc(N4CC[C@@H](CO)C4)nc3)CC2)cc1Cl. The number of hydrogen-bond acceptors (Lipinski definition) is 7. The molecule has 1 saturated heterocycles. The van der Waals surface area contributed by atoms with Gasteiger partial charge in [-0.2, -0.15) is 5.26 Å². The van der Waals surface area contributed by atoms with Crippen molar-refractivity contribution < 1.29 is 14.6 Å². The number of amides is 1. The zero-order valence-corrected chi connectivity index (χ0v) is 18.5. The summed E-state index contributed by atoms with van der Waals surface area (Å²) in [6.07, 6.45) is 7.37. The van der Waals surface area contributed by atoms with Crippen molar-refractivity contribution in [1.82, 2.24) is 15.3 Å². The summed E-state index contributed by atoms with van der Waals surface area (Å²) in [5.74, 6) is 1.34. The smallest absolute Gasteiger partial charge is 0.254 e. The van der Waals surface area contributed by atoms with Crippen molar-refractivity contribution in [3.8, 4) is 11.8 Å². The van der Waals surface area contributed by atoms with E-state index in [0.717, 1.165) is 45.2 Å². The molecule has 0 bridgehead atoms. The van der Waals surface area contributed by atoms with Crippen LogP contribution in [0.3, 0.4) is 0 Å². The molecule has 1 aromatic heterocycles. The minimum absolute atomic E-state index is 0.0537. The lowest BCUT2D eigenvalue weighted by Gasteiger charge is -2.29. The van der Waals surface area contributed by atoms with Crippen LogP contribution in [-0.4, -0.2) is 52.8 Å².